The first-order valence-electron chi connectivity index (χ1n) is 5.74. The second-order valence-corrected chi connectivity index (χ2v) is 4.04. The van der Waals surface area contributed by atoms with Gasteiger partial charge in [0, 0.05) is 18.3 Å². The number of carboxylic acids is 1. The average molecular weight is 275 g/mol. The first-order chi connectivity index (χ1) is 9.51. The second kappa shape index (κ2) is 5.43. The highest BCUT2D eigenvalue weighted by molar-refractivity contribution is 5.88. The Labute approximate surface area is 114 Å². The Morgan fingerprint density at radius 1 is 1.35 bits per heavy atom. The van der Waals surface area contributed by atoms with Crippen LogP contribution < -0.4 is 5.32 Å². The van der Waals surface area contributed by atoms with E-state index in [-0.39, 0.29) is 5.69 Å². The van der Waals surface area contributed by atoms with Gasteiger partial charge in [0.1, 0.15) is 0 Å². The number of carboxylic acid groups (broad SMARTS) is 1. The van der Waals surface area contributed by atoms with Crippen LogP contribution in [0.5, 0.6) is 0 Å². The molecule has 2 aromatic rings. The number of nitrogens with one attached hydrogen (secondary N) is 1. The lowest BCUT2D eigenvalue weighted by atomic mass is 10.1. The van der Waals surface area contributed by atoms with Crippen LogP contribution in [0.2, 0.25) is 0 Å². The Kier molecular flexibility index (Phi) is 3.69. The number of methoxy groups -OCH3 is 1. The third-order valence-corrected chi connectivity index (χ3v) is 2.69. The van der Waals surface area contributed by atoms with Crippen molar-refractivity contribution in [1.29, 1.82) is 0 Å². The molecule has 0 fully saturated rings. The summed E-state index contributed by atoms with van der Waals surface area (Å²) in [6.45, 7) is 0. The summed E-state index contributed by atoms with van der Waals surface area (Å²) in [6, 6.07) is 8.42. The number of nitrogens with zero attached hydrogens (tertiary/aromatic N) is 2. The molecule has 1 amide bonds. The van der Waals surface area contributed by atoms with Crippen molar-refractivity contribution < 1.29 is 19.4 Å². The van der Waals surface area contributed by atoms with Gasteiger partial charge in [-0.05, 0) is 18.2 Å². The number of hydrogen-bond acceptors (Lipinski definition) is 4. The van der Waals surface area contributed by atoms with Gasteiger partial charge in [0.2, 0.25) is 0 Å². The number of hydrogen-bond donors (Lipinski definition) is 2. The Morgan fingerprint density at radius 3 is 2.70 bits per heavy atom. The number of anilines is 1. The highest BCUT2D eigenvalue weighted by Crippen LogP contribution is 2.23. The van der Waals surface area contributed by atoms with Crippen molar-refractivity contribution in [3.8, 4) is 11.3 Å². The predicted octanol–water partition coefficient (Wildman–Crippen LogP) is 1.96. The minimum atomic E-state index is -1.09. The molecule has 0 aliphatic heterocycles. The summed E-state index contributed by atoms with van der Waals surface area (Å²) in [5.41, 5.74) is 1.89. The number of amides is 1. The van der Waals surface area contributed by atoms with Gasteiger partial charge in [-0.15, -0.1) is 0 Å². The van der Waals surface area contributed by atoms with E-state index < -0.39 is 12.1 Å². The third-order valence-electron chi connectivity index (χ3n) is 2.69. The van der Waals surface area contributed by atoms with Gasteiger partial charge in [-0.2, -0.15) is 5.10 Å². The van der Waals surface area contributed by atoms with E-state index in [4.69, 9.17) is 5.11 Å². The summed E-state index contributed by atoms with van der Waals surface area (Å²) in [5.74, 6) is -1.09. The highest BCUT2D eigenvalue weighted by Gasteiger charge is 2.13. The molecule has 0 radical (unpaired) electrons. The van der Waals surface area contributed by atoms with Crippen molar-refractivity contribution in [3.63, 3.8) is 0 Å². The number of carbonyl (C=O) groups excluding carboxylic acids is 1. The smallest absolute Gasteiger partial charge is 0.411 e. The summed E-state index contributed by atoms with van der Waals surface area (Å²) in [6.07, 6.45) is -0.571. The summed E-state index contributed by atoms with van der Waals surface area (Å²) in [4.78, 5) is 22.1. The van der Waals surface area contributed by atoms with Crippen molar-refractivity contribution >= 4 is 17.7 Å². The topological polar surface area (TPSA) is 93.4 Å². The lowest BCUT2D eigenvalue weighted by Crippen LogP contribution is -2.10. The van der Waals surface area contributed by atoms with Crippen LogP contribution in [-0.2, 0) is 11.8 Å². The van der Waals surface area contributed by atoms with Crippen LogP contribution >= 0.6 is 0 Å². The Balaban J connectivity index is 2.35. The van der Waals surface area contributed by atoms with Crippen LogP contribution in [0.25, 0.3) is 11.3 Å². The van der Waals surface area contributed by atoms with Gasteiger partial charge in [-0.3, -0.25) is 10.00 Å². The third kappa shape index (κ3) is 2.77. The molecule has 104 valence electrons. The molecule has 0 atom stereocenters. The number of aromatic nitrogens is 2. The fraction of sp³-hybridized carbons (Fsp3) is 0.154. The van der Waals surface area contributed by atoms with Gasteiger partial charge in [0.05, 0.1) is 12.8 Å². The largest absolute Gasteiger partial charge is 0.476 e. The van der Waals surface area contributed by atoms with E-state index in [9.17, 15) is 9.59 Å². The maximum atomic E-state index is 11.2. The molecular formula is C13H13N3O4. The van der Waals surface area contributed by atoms with Gasteiger partial charge in [0.15, 0.2) is 5.69 Å². The molecule has 0 bridgehead atoms. The van der Waals surface area contributed by atoms with Gasteiger partial charge in [0.25, 0.3) is 0 Å². The molecule has 2 N–H and O–H groups in total. The normalized spacial score (nSPS) is 10.1. The summed E-state index contributed by atoms with van der Waals surface area (Å²) in [7, 11) is 2.93. The molecule has 7 nitrogen and oxygen atoms in total. The molecular weight excluding hydrogens is 262 g/mol. The summed E-state index contributed by atoms with van der Waals surface area (Å²) in [5, 5.41) is 15.4. The van der Waals surface area contributed by atoms with Crippen LogP contribution in [0, 0.1) is 0 Å². The van der Waals surface area contributed by atoms with Crippen molar-refractivity contribution in [2.75, 3.05) is 12.4 Å². The zero-order valence-corrected chi connectivity index (χ0v) is 11.0. The van der Waals surface area contributed by atoms with Crippen LogP contribution in [0.4, 0.5) is 10.5 Å². The predicted molar refractivity (Wildman–Crippen MR) is 71.6 cm³/mol. The zero-order chi connectivity index (χ0) is 14.7. The summed E-state index contributed by atoms with van der Waals surface area (Å²) >= 11 is 0. The van der Waals surface area contributed by atoms with Crippen molar-refractivity contribution in [3.05, 3.63) is 36.0 Å². The van der Waals surface area contributed by atoms with E-state index >= 15 is 0 Å². The monoisotopic (exact) mass is 275 g/mol. The molecule has 7 heteroatoms. The standard InChI is InChI=1S/C13H13N3O4/c1-16-11(7-10(15-16)12(17)18)8-4-3-5-9(6-8)14-13(19)20-2/h3-7H,1-2H3,(H,14,19)(H,17,18). The number of ether oxygens (including phenoxy) is 1. The van der Waals surface area contributed by atoms with Crippen LogP contribution in [0.15, 0.2) is 30.3 Å². The number of aromatic carboxylic acids is 1. The lowest BCUT2D eigenvalue weighted by molar-refractivity contribution is 0.0689. The van der Waals surface area contributed by atoms with Crippen LogP contribution in [0.3, 0.4) is 0 Å². The number of benzene rings is 1. The van der Waals surface area contributed by atoms with E-state index in [1.54, 1.807) is 31.3 Å². The molecule has 1 aromatic carbocycles. The molecule has 0 saturated heterocycles. The molecule has 0 aliphatic carbocycles. The molecule has 0 unspecified atom stereocenters. The van der Waals surface area contributed by atoms with Gasteiger partial charge in [-0.1, -0.05) is 12.1 Å². The second-order valence-electron chi connectivity index (χ2n) is 4.04. The molecule has 20 heavy (non-hydrogen) atoms. The Bertz CT molecular complexity index is 663. The molecule has 1 heterocycles. The Morgan fingerprint density at radius 2 is 2.10 bits per heavy atom. The van der Waals surface area contributed by atoms with Crippen LogP contribution in [0.1, 0.15) is 10.5 Å². The fourth-order valence-electron chi connectivity index (χ4n) is 1.77. The average Bonchev–Trinajstić information content (AvgIpc) is 2.81. The molecule has 0 spiro atoms. The zero-order valence-electron chi connectivity index (χ0n) is 11.0. The molecule has 1 aromatic heterocycles. The summed E-state index contributed by atoms with van der Waals surface area (Å²) < 4.78 is 5.99. The van der Waals surface area contributed by atoms with E-state index in [1.165, 1.54) is 17.9 Å². The molecule has 0 aliphatic rings. The van der Waals surface area contributed by atoms with Gasteiger partial charge in [-0.25, -0.2) is 9.59 Å². The first-order valence-corrected chi connectivity index (χ1v) is 5.74. The van der Waals surface area contributed by atoms with E-state index in [0.717, 1.165) is 5.56 Å². The van der Waals surface area contributed by atoms with E-state index in [1.807, 2.05) is 0 Å². The van der Waals surface area contributed by atoms with Crippen molar-refractivity contribution in [1.82, 2.24) is 9.78 Å². The quantitative estimate of drug-likeness (QED) is 0.893. The lowest BCUT2D eigenvalue weighted by Gasteiger charge is -2.06. The highest BCUT2D eigenvalue weighted by atomic mass is 16.5. The first kappa shape index (κ1) is 13.6. The maximum Gasteiger partial charge on any atom is 0.411 e. The van der Waals surface area contributed by atoms with Gasteiger partial charge < -0.3 is 9.84 Å². The van der Waals surface area contributed by atoms with Crippen LogP contribution in [-0.4, -0.2) is 34.1 Å². The molecule has 0 saturated carbocycles. The fourth-order valence-corrected chi connectivity index (χ4v) is 1.77. The number of carbonyl (C=O) groups is 2. The molecule has 2 rings (SSSR count). The number of rotatable bonds is 3. The Hall–Kier alpha value is -2.83. The van der Waals surface area contributed by atoms with Crippen molar-refractivity contribution in [2.24, 2.45) is 7.05 Å². The minimum Gasteiger partial charge on any atom is -0.476 e. The maximum absolute atomic E-state index is 11.2. The number of aryl methyl sites for hydroxylation is 1. The van der Waals surface area contributed by atoms with Gasteiger partial charge >= 0.3 is 12.1 Å². The van der Waals surface area contributed by atoms with E-state index in [0.29, 0.717) is 11.4 Å². The SMILES string of the molecule is COC(=O)Nc1cccc(-c2cc(C(=O)O)nn2C)c1. The minimum absolute atomic E-state index is 0.0335. The van der Waals surface area contributed by atoms with E-state index in [2.05, 4.69) is 15.2 Å². The van der Waals surface area contributed by atoms with Crippen molar-refractivity contribution in [2.45, 2.75) is 0 Å².